The summed E-state index contributed by atoms with van der Waals surface area (Å²) in [5, 5.41) is 0. The lowest BCUT2D eigenvalue weighted by Gasteiger charge is -2.21. The van der Waals surface area contributed by atoms with Crippen LogP contribution in [-0.2, 0) is 12.0 Å². The fourth-order valence-corrected chi connectivity index (χ4v) is 3.07. The van der Waals surface area contributed by atoms with Gasteiger partial charge >= 0.3 is 0 Å². The van der Waals surface area contributed by atoms with Crippen LogP contribution in [0.1, 0.15) is 45.5 Å². The van der Waals surface area contributed by atoms with Gasteiger partial charge in [0.1, 0.15) is 11.3 Å². The number of hydrogen-bond donors (Lipinski definition) is 0. The lowest BCUT2D eigenvalue weighted by atomic mass is 9.95. The van der Waals surface area contributed by atoms with E-state index in [4.69, 9.17) is 4.98 Å². The van der Waals surface area contributed by atoms with Gasteiger partial charge in [-0.3, -0.25) is 0 Å². The molecule has 0 amide bonds. The number of hydrogen-bond acceptors (Lipinski definition) is 2. The summed E-state index contributed by atoms with van der Waals surface area (Å²) in [6, 6.07) is 2.04. The van der Waals surface area contributed by atoms with Gasteiger partial charge in [-0.1, -0.05) is 45.9 Å². The second kappa shape index (κ2) is 5.38. The summed E-state index contributed by atoms with van der Waals surface area (Å²) in [5.41, 5.74) is 4.57. The largest absolute Gasteiger partial charge is 0.308 e. The molecule has 0 saturated carbocycles. The Morgan fingerprint density at radius 1 is 1.32 bits per heavy atom. The van der Waals surface area contributed by atoms with Gasteiger partial charge in [0, 0.05) is 11.6 Å². The highest BCUT2D eigenvalue weighted by molar-refractivity contribution is 5.75. The predicted molar refractivity (Wildman–Crippen MR) is 92.0 cm³/mol. The first kappa shape index (κ1) is 15.0. The summed E-state index contributed by atoms with van der Waals surface area (Å²) in [4.78, 5) is 9.53. The van der Waals surface area contributed by atoms with E-state index in [1.807, 2.05) is 12.3 Å². The van der Waals surface area contributed by atoms with Crippen molar-refractivity contribution in [3.05, 3.63) is 47.5 Å². The molecule has 3 nitrogen and oxygen atoms in total. The van der Waals surface area contributed by atoms with Crippen LogP contribution in [0.15, 0.2) is 36.1 Å². The molecule has 0 aliphatic heterocycles. The Morgan fingerprint density at radius 3 is 2.77 bits per heavy atom. The second-order valence-corrected chi connectivity index (χ2v) is 7.43. The molecule has 116 valence electrons. The fourth-order valence-electron chi connectivity index (χ4n) is 3.07. The van der Waals surface area contributed by atoms with E-state index in [1.165, 1.54) is 11.1 Å². The monoisotopic (exact) mass is 295 g/mol. The maximum Gasteiger partial charge on any atom is 0.160 e. The molecule has 1 aliphatic carbocycles. The third-order valence-corrected chi connectivity index (χ3v) is 4.19. The second-order valence-electron chi connectivity index (χ2n) is 7.43. The molecule has 1 aliphatic rings. The molecule has 1 atom stereocenters. The van der Waals surface area contributed by atoms with E-state index in [9.17, 15) is 0 Å². The van der Waals surface area contributed by atoms with E-state index in [0.717, 1.165) is 30.0 Å². The molecule has 0 bridgehead atoms. The van der Waals surface area contributed by atoms with Crippen molar-refractivity contribution in [2.24, 2.45) is 5.92 Å². The van der Waals surface area contributed by atoms with Crippen LogP contribution in [0.4, 0.5) is 0 Å². The van der Waals surface area contributed by atoms with Crippen molar-refractivity contribution in [3.63, 3.8) is 0 Å². The van der Waals surface area contributed by atoms with Crippen molar-refractivity contribution in [3.8, 4) is 0 Å². The molecule has 2 aromatic rings. The maximum atomic E-state index is 4.92. The molecular weight excluding hydrogens is 270 g/mol. The van der Waals surface area contributed by atoms with Crippen LogP contribution in [-0.4, -0.2) is 14.5 Å². The summed E-state index contributed by atoms with van der Waals surface area (Å²) in [5.74, 6) is 1.72. The average molecular weight is 295 g/mol. The van der Waals surface area contributed by atoms with E-state index in [0.29, 0.717) is 5.92 Å². The molecule has 3 rings (SSSR count). The van der Waals surface area contributed by atoms with Crippen LogP contribution in [0.3, 0.4) is 0 Å². The minimum absolute atomic E-state index is 0.00228. The number of aromatic nitrogens is 3. The zero-order valence-corrected chi connectivity index (χ0v) is 14.2. The van der Waals surface area contributed by atoms with Crippen molar-refractivity contribution in [1.29, 1.82) is 0 Å². The van der Waals surface area contributed by atoms with Crippen molar-refractivity contribution >= 4 is 11.2 Å². The lowest BCUT2D eigenvalue weighted by molar-refractivity contribution is 0.514. The van der Waals surface area contributed by atoms with Crippen LogP contribution in [0.5, 0.6) is 0 Å². The fraction of sp³-hybridized carbons (Fsp3) is 0.474. The maximum absolute atomic E-state index is 4.92. The van der Waals surface area contributed by atoms with E-state index in [2.05, 4.69) is 62.4 Å². The third kappa shape index (κ3) is 2.72. The smallest absolute Gasteiger partial charge is 0.160 e. The van der Waals surface area contributed by atoms with Gasteiger partial charge in [0.05, 0.1) is 6.54 Å². The minimum Gasteiger partial charge on any atom is -0.308 e. The van der Waals surface area contributed by atoms with Gasteiger partial charge in [0.25, 0.3) is 0 Å². The lowest BCUT2D eigenvalue weighted by Crippen LogP contribution is -2.20. The number of allylic oxidation sites excluding steroid dienone is 4. The molecule has 1 unspecified atom stereocenters. The van der Waals surface area contributed by atoms with Gasteiger partial charge in [0.15, 0.2) is 5.65 Å². The predicted octanol–water partition coefficient (Wildman–Crippen LogP) is 4.56. The van der Waals surface area contributed by atoms with Crippen molar-refractivity contribution < 1.29 is 0 Å². The van der Waals surface area contributed by atoms with Gasteiger partial charge in [-0.05, 0) is 36.5 Å². The SMILES string of the molecule is Cc1ccnc2c1nc(C(C)(C)C)n2CC1=CC(C)CC=C1. The number of nitrogens with zero attached hydrogens (tertiary/aromatic N) is 3. The summed E-state index contributed by atoms with van der Waals surface area (Å²) < 4.78 is 2.29. The van der Waals surface area contributed by atoms with E-state index in [1.54, 1.807) is 0 Å². The summed E-state index contributed by atoms with van der Waals surface area (Å²) >= 11 is 0. The molecule has 2 aromatic heterocycles. The number of rotatable bonds is 2. The zero-order chi connectivity index (χ0) is 15.9. The van der Waals surface area contributed by atoms with Crippen molar-refractivity contribution in [1.82, 2.24) is 14.5 Å². The normalized spacial score (nSPS) is 18.8. The van der Waals surface area contributed by atoms with E-state index in [-0.39, 0.29) is 5.41 Å². The van der Waals surface area contributed by atoms with Gasteiger partial charge in [-0.15, -0.1) is 0 Å². The van der Waals surface area contributed by atoms with Gasteiger partial charge < -0.3 is 4.57 Å². The van der Waals surface area contributed by atoms with Crippen LogP contribution >= 0.6 is 0 Å². The zero-order valence-electron chi connectivity index (χ0n) is 14.2. The highest BCUT2D eigenvalue weighted by atomic mass is 15.1. The summed E-state index contributed by atoms with van der Waals surface area (Å²) in [6.07, 6.45) is 9.91. The number of fused-ring (bicyclic) bond motifs is 1. The summed E-state index contributed by atoms with van der Waals surface area (Å²) in [6.45, 7) is 11.9. The molecule has 2 heterocycles. The first-order valence-corrected chi connectivity index (χ1v) is 8.06. The standard InChI is InChI=1S/C19H25N3/c1-13-7-6-8-15(11-13)12-22-17-16(14(2)9-10-20-17)21-18(22)19(3,4)5/h6,8-11,13H,7,12H2,1-5H3. The van der Waals surface area contributed by atoms with Crippen LogP contribution in [0.2, 0.25) is 0 Å². The summed E-state index contributed by atoms with van der Waals surface area (Å²) in [7, 11) is 0. The van der Waals surface area contributed by atoms with Gasteiger partial charge in [-0.2, -0.15) is 0 Å². The molecule has 0 radical (unpaired) electrons. The van der Waals surface area contributed by atoms with Crippen LogP contribution < -0.4 is 0 Å². The first-order chi connectivity index (χ1) is 10.4. The molecule has 0 N–H and O–H groups in total. The Hall–Kier alpha value is -1.90. The highest BCUT2D eigenvalue weighted by Crippen LogP contribution is 2.28. The first-order valence-electron chi connectivity index (χ1n) is 8.06. The Kier molecular flexibility index (Phi) is 3.67. The molecular formula is C19H25N3. The van der Waals surface area contributed by atoms with Crippen LogP contribution in [0, 0.1) is 12.8 Å². The Balaban J connectivity index is 2.14. The van der Waals surface area contributed by atoms with Gasteiger partial charge in [-0.25, -0.2) is 9.97 Å². The molecule has 0 aromatic carbocycles. The quantitative estimate of drug-likeness (QED) is 0.813. The van der Waals surface area contributed by atoms with E-state index < -0.39 is 0 Å². The Bertz CT molecular complexity index is 757. The molecule has 0 spiro atoms. The van der Waals surface area contributed by atoms with Crippen molar-refractivity contribution in [2.45, 2.75) is 53.0 Å². The van der Waals surface area contributed by atoms with Gasteiger partial charge in [0.2, 0.25) is 0 Å². The molecule has 0 fully saturated rings. The Labute approximate surface area is 132 Å². The Morgan fingerprint density at radius 2 is 2.09 bits per heavy atom. The molecule has 3 heteroatoms. The van der Waals surface area contributed by atoms with Crippen molar-refractivity contribution in [2.75, 3.05) is 0 Å². The van der Waals surface area contributed by atoms with E-state index >= 15 is 0 Å². The molecule has 22 heavy (non-hydrogen) atoms. The minimum atomic E-state index is -0.00228. The highest BCUT2D eigenvalue weighted by Gasteiger charge is 2.24. The average Bonchev–Trinajstić information content (AvgIpc) is 2.79. The number of aryl methyl sites for hydroxylation is 1. The number of pyridine rings is 1. The number of imidazole rings is 1. The molecule has 0 saturated heterocycles. The topological polar surface area (TPSA) is 30.7 Å². The van der Waals surface area contributed by atoms with Crippen LogP contribution in [0.25, 0.3) is 11.2 Å². The third-order valence-electron chi connectivity index (χ3n) is 4.19.